The topological polar surface area (TPSA) is 88.1 Å². The Bertz CT molecular complexity index is 677. The van der Waals surface area contributed by atoms with Gasteiger partial charge in [0.1, 0.15) is 5.75 Å². The van der Waals surface area contributed by atoms with Crippen molar-refractivity contribution in [3.63, 3.8) is 0 Å². The minimum absolute atomic E-state index is 0.149. The Morgan fingerprint density at radius 2 is 1.80 bits per heavy atom. The number of rotatable bonds is 5. The van der Waals surface area contributed by atoms with Crippen LogP contribution < -0.4 is 4.74 Å². The summed E-state index contributed by atoms with van der Waals surface area (Å²) in [5.74, 6) is -1.51. The SMILES string of the molecule is COC(=O)[C@]1(OC(=O)c2ccc(OC)cc2)CCC=C[C@@H]1OC(C)=O. The molecule has 0 spiro atoms. The maximum atomic E-state index is 12.5. The molecule has 7 nitrogen and oxygen atoms in total. The first-order chi connectivity index (χ1) is 11.9. The summed E-state index contributed by atoms with van der Waals surface area (Å²) in [6, 6.07) is 6.24. The Morgan fingerprint density at radius 3 is 2.36 bits per heavy atom. The lowest BCUT2D eigenvalue weighted by atomic mass is 9.86. The fourth-order valence-electron chi connectivity index (χ4n) is 2.62. The van der Waals surface area contributed by atoms with Crippen molar-refractivity contribution in [2.45, 2.75) is 31.5 Å². The van der Waals surface area contributed by atoms with Gasteiger partial charge < -0.3 is 18.9 Å². The monoisotopic (exact) mass is 348 g/mol. The highest BCUT2D eigenvalue weighted by molar-refractivity contribution is 5.93. The van der Waals surface area contributed by atoms with Crippen molar-refractivity contribution < 1.29 is 33.3 Å². The molecule has 0 fully saturated rings. The molecule has 1 aromatic carbocycles. The van der Waals surface area contributed by atoms with E-state index in [2.05, 4.69) is 0 Å². The summed E-state index contributed by atoms with van der Waals surface area (Å²) >= 11 is 0. The van der Waals surface area contributed by atoms with Gasteiger partial charge in [-0.15, -0.1) is 0 Å². The standard InChI is InChI=1S/C18H20O7/c1-12(19)24-15-6-4-5-11-18(15,17(21)23-3)25-16(20)13-7-9-14(22-2)10-8-13/h4,6-10,15H,5,11H2,1-3H3/t15-,18-/m0/s1. The first-order valence-corrected chi connectivity index (χ1v) is 7.72. The summed E-state index contributed by atoms with van der Waals surface area (Å²) in [6.45, 7) is 1.22. The second-order valence-corrected chi connectivity index (χ2v) is 5.50. The van der Waals surface area contributed by atoms with Gasteiger partial charge in [-0.2, -0.15) is 0 Å². The van der Waals surface area contributed by atoms with Crippen molar-refractivity contribution in [2.24, 2.45) is 0 Å². The molecule has 0 unspecified atom stereocenters. The van der Waals surface area contributed by atoms with Crippen LogP contribution in [0.3, 0.4) is 0 Å². The molecule has 1 aliphatic rings. The minimum atomic E-state index is -1.72. The molecule has 0 bridgehead atoms. The summed E-state index contributed by atoms with van der Waals surface area (Å²) in [5.41, 5.74) is -1.48. The molecule has 25 heavy (non-hydrogen) atoms. The van der Waals surface area contributed by atoms with Crippen LogP contribution in [0.2, 0.25) is 0 Å². The predicted octanol–water partition coefficient (Wildman–Crippen LogP) is 2.05. The van der Waals surface area contributed by atoms with Gasteiger partial charge >= 0.3 is 17.9 Å². The number of methoxy groups -OCH3 is 2. The lowest BCUT2D eigenvalue weighted by Crippen LogP contribution is -2.55. The van der Waals surface area contributed by atoms with Gasteiger partial charge in [-0.3, -0.25) is 4.79 Å². The summed E-state index contributed by atoms with van der Waals surface area (Å²) in [6.07, 6.45) is 2.87. The molecule has 0 heterocycles. The molecule has 0 amide bonds. The Morgan fingerprint density at radius 1 is 1.12 bits per heavy atom. The molecule has 134 valence electrons. The molecule has 7 heteroatoms. The van der Waals surface area contributed by atoms with Crippen LogP contribution in [0.5, 0.6) is 5.75 Å². The van der Waals surface area contributed by atoms with Crippen LogP contribution in [0, 0.1) is 0 Å². The van der Waals surface area contributed by atoms with Gasteiger partial charge in [0.2, 0.25) is 5.60 Å². The maximum Gasteiger partial charge on any atom is 0.354 e. The molecule has 0 saturated carbocycles. The quantitative estimate of drug-likeness (QED) is 0.457. The minimum Gasteiger partial charge on any atom is -0.497 e. The van der Waals surface area contributed by atoms with Crippen molar-refractivity contribution >= 4 is 17.9 Å². The Hall–Kier alpha value is -2.83. The molecule has 0 aromatic heterocycles. The highest BCUT2D eigenvalue weighted by Crippen LogP contribution is 2.33. The first-order valence-electron chi connectivity index (χ1n) is 7.72. The smallest absolute Gasteiger partial charge is 0.354 e. The van der Waals surface area contributed by atoms with Gasteiger partial charge in [0.15, 0.2) is 6.10 Å². The van der Waals surface area contributed by atoms with Crippen LogP contribution in [0.15, 0.2) is 36.4 Å². The lowest BCUT2D eigenvalue weighted by Gasteiger charge is -2.37. The molecule has 1 aliphatic carbocycles. The van der Waals surface area contributed by atoms with E-state index in [4.69, 9.17) is 18.9 Å². The van der Waals surface area contributed by atoms with Crippen molar-refractivity contribution in [1.29, 1.82) is 0 Å². The van der Waals surface area contributed by atoms with E-state index in [-0.39, 0.29) is 12.0 Å². The third-order valence-electron chi connectivity index (χ3n) is 3.88. The van der Waals surface area contributed by atoms with Crippen LogP contribution in [-0.4, -0.2) is 43.8 Å². The molecule has 0 saturated heterocycles. The molecular weight excluding hydrogens is 328 g/mol. The summed E-state index contributed by atoms with van der Waals surface area (Å²) in [7, 11) is 2.70. The zero-order chi connectivity index (χ0) is 18.4. The van der Waals surface area contributed by atoms with E-state index in [0.717, 1.165) is 0 Å². The van der Waals surface area contributed by atoms with E-state index in [1.807, 2.05) is 0 Å². The second kappa shape index (κ2) is 7.83. The Balaban J connectivity index is 2.32. The number of ether oxygens (including phenoxy) is 4. The number of carbonyl (C=O) groups excluding carboxylic acids is 3. The van der Waals surface area contributed by atoms with E-state index in [1.165, 1.54) is 39.4 Å². The number of hydrogen-bond donors (Lipinski definition) is 0. The number of hydrogen-bond acceptors (Lipinski definition) is 7. The zero-order valence-electron chi connectivity index (χ0n) is 14.3. The lowest BCUT2D eigenvalue weighted by molar-refractivity contribution is -0.182. The maximum absolute atomic E-state index is 12.5. The molecule has 1 aromatic rings. The number of esters is 3. The van der Waals surface area contributed by atoms with Crippen molar-refractivity contribution in [2.75, 3.05) is 14.2 Å². The number of allylic oxidation sites excluding steroid dienone is 1. The number of carbonyl (C=O) groups is 3. The normalized spacial score (nSPS) is 22.0. The summed E-state index contributed by atoms with van der Waals surface area (Å²) < 4.78 is 20.6. The summed E-state index contributed by atoms with van der Waals surface area (Å²) in [5, 5.41) is 0. The van der Waals surface area contributed by atoms with Gasteiger partial charge in [0.25, 0.3) is 0 Å². The fraction of sp³-hybridized carbons (Fsp3) is 0.389. The molecule has 0 radical (unpaired) electrons. The van der Waals surface area contributed by atoms with E-state index >= 15 is 0 Å². The van der Waals surface area contributed by atoms with Crippen LogP contribution in [-0.2, 0) is 23.8 Å². The van der Waals surface area contributed by atoms with E-state index in [0.29, 0.717) is 12.2 Å². The highest BCUT2D eigenvalue weighted by Gasteiger charge is 2.52. The number of benzene rings is 1. The highest BCUT2D eigenvalue weighted by atomic mass is 16.6. The van der Waals surface area contributed by atoms with Gasteiger partial charge in [0, 0.05) is 13.3 Å². The van der Waals surface area contributed by atoms with Crippen LogP contribution >= 0.6 is 0 Å². The fourth-order valence-corrected chi connectivity index (χ4v) is 2.62. The predicted molar refractivity (Wildman–Crippen MR) is 87.1 cm³/mol. The van der Waals surface area contributed by atoms with E-state index in [1.54, 1.807) is 18.2 Å². The Labute approximate surface area is 145 Å². The zero-order valence-corrected chi connectivity index (χ0v) is 14.3. The van der Waals surface area contributed by atoms with Crippen LogP contribution in [0.4, 0.5) is 0 Å². The van der Waals surface area contributed by atoms with Crippen molar-refractivity contribution in [3.8, 4) is 5.75 Å². The van der Waals surface area contributed by atoms with Crippen LogP contribution in [0.1, 0.15) is 30.1 Å². The summed E-state index contributed by atoms with van der Waals surface area (Å²) in [4.78, 5) is 36.3. The van der Waals surface area contributed by atoms with Crippen LogP contribution in [0.25, 0.3) is 0 Å². The molecule has 2 atom stereocenters. The second-order valence-electron chi connectivity index (χ2n) is 5.50. The molecule has 0 aliphatic heterocycles. The Kier molecular flexibility index (Phi) is 5.80. The third kappa shape index (κ3) is 3.99. The van der Waals surface area contributed by atoms with E-state index in [9.17, 15) is 14.4 Å². The van der Waals surface area contributed by atoms with Crippen molar-refractivity contribution in [1.82, 2.24) is 0 Å². The van der Waals surface area contributed by atoms with E-state index < -0.39 is 29.6 Å². The average molecular weight is 348 g/mol. The first kappa shape index (κ1) is 18.5. The molecule has 0 N–H and O–H groups in total. The van der Waals surface area contributed by atoms with Crippen molar-refractivity contribution in [3.05, 3.63) is 42.0 Å². The van der Waals surface area contributed by atoms with Gasteiger partial charge in [-0.25, -0.2) is 9.59 Å². The van der Waals surface area contributed by atoms with Gasteiger partial charge in [-0.05, 0) is 36.8 Å². The molecule has 2 rings (SSSR count). The molecular formula is C18H20O7. The third-order valence-corrected chi connectivity index (χ3v) is 3.88. The average Bonchev–Trinajstić information content (AvgIpc) is 2.62. The largest absolute Gasteiger partial charge is 0.497 e. The van der Waals surface area contributed by atoms with Gasteiger partial charge in [0.05, 0.1) is 19.8 Å². The van der Waals surface area contributed by atoms with Gasteiger partial charge in [-0.1, -0.05) is 6.08 Å².